The van der Waals surface area contributed by atoms with Gasteiger partial charge in [0.2, 0.25) is 0 Å². The van der Waals surface area contributed by atoms with Crippen LogP contribution in [0.15, 0.2) is 30.3 Å². The maximum absolute atomic E-state index is 11.2. The number of hydrogen-bond donors (Lipinski definition) is 1. The lowest BCUT2D eigenvalue weighted by Crippen LogP contribution is -2.34. The van der Waals surface area contributed by atoms with Crippen molar-refractivity contribution in [3.05, 3.63) is 35.9 Å². The highest BCUT2D eigenvalue weighted by Gasteiger charge is 2.14. The summed E-state index contributed by atoms with van der Waals surface area (Å²) in [5, 5.41) is 2.16. The van der Waals surface area contributed by atoms with Gasteiger partial charge in [0.1, 0.15) is 6.61 Å². The molecule has 0 saturated heterocycles. The molecular formula is C12H13NO5. The van der Waals surface area contributed by atoms with E-state index in [1.807, 2.05) is 18.2 Å². The van der Waals surface area contributed by atoms with E-state index in [4.69, 9.17) is 4.74 Å². The predicted octanol–water partition coefficient (Wildman–Crippen LogP) is 0.655. The van der Waals surface area contributed by atoms with Crippen molar-refractivity contribution in [2.45, 2.75) is 6.61 Å². The van der Waals surface area contributed by atoms with Crippen LogP contribution in [0.4, 0.5) is 4.79 Å². The number of amides is 1. The summed E-state index contributed by atoms with van der Waals surface area (Å²) in [7, 11) is 1.09. The molecule has 1 N–H and O–H groups in total. The summed E-state index contributed by atoms with van der Waals surface area (Å²) in [6.07, 6.45) is -0.767. The fourth-order valence-electron chi connectivity index (χ4n) is 1.11. The molecule has 1 amide bonds. The Labute approximate surface area is 104 Å². The Kier molecular flexibility index (Phi) is 5.37. The first-order chi connectivity index (χ1) is 8.63. The molecule has 0 bridgehead atoms. The van der Waals surface area contributed by atoms with Gasteiger partial charge in [-0.25, -0.2) is 9.59 Å². The molecule has 1 aromatic rings. The number of benzene rings is 1. The molecular weight excluding hydrogens is 238 g/mol. The molecule has 0 atom stereocenters. The molecule has 0 fully saturated rings. The summed E-state index contributed by atoms with van der Waals surface area (Å²) < 4.78 is 9.03. The smallest absolute Gasteiger partial charge is 0.407 e. The number of rotatable bonds is 5. The number of nitrogens with one attached hydrogen (secondary N) is 1. The van der Waals surface area contributed by atoms with Crippen LogP contribution in [0.2, 0.25) is 0 Å². The van der Waals surface area contributed by atoms with Gasteiger partial charge in [-0.15, -0.1) is 0 Å². The summed E-state index contributed by atoms with van der Waals surface area (Å²) in [5.41, 5.74) is 0.826. The third kappa shape index (κ3) is 4.65. The Hall–Kier alpha value is -2.37. The number of carbonyl (C=O) groups excluding carboxylic acids is 3. The van der Waals surface area contributed by atoms with Crippen molar-refractivity contribution in [3.63, 3.8) is 0 Å². The van der Waals surface area contributed by atoms with Gasteiger partial charge in [-0.2, -0.15) is 0 Å². The fraction of sp³-hybridized carbons (Fsp3) is 0.250. The summed E-state index contributed by atoms with van der Waals surface area (Å²) >= 11 is 0. The lowest BCUT2D eigenvalue weighted by molar-refractivity contribution is -0.151. The van der Waals surface area contributed by atoms with Gasteiger partial charge >= 0.3 is 12.1 Å². The van der Waals surface area contributed by atoms with E-state index in [-0.39, 0.29) is 6.61 Å². The van der Waals surface area contributed by atoms with Gasteiger partial charge in [0.15, 0.2) is 0 Å². The Morgan fingerprint density at radius 1 is 1.17 bits per heavy atom. The van der Waals surface area contributed by atoms with Crippen LogP contribution < -0.4 is 5.32 Å². The number of ether oxygens (including phenoxy) is 2. The van der Waals surface area contributed by atoms with Crippen molar-refractivity contribution in [2.24, 2.45) is 0 Å². The molecule has 0 spiro atoms. The van der Waals surface area contributed by atoms with Crippen molar-refractivity contribution in [3.8, 4) is 0 Å². The number of ketones is 1. The van der Waals surface area contributed by atoms with E-state index in [1.54, 1.807) is 12.1 Å². The fourth-order valence-corrected chi connectivity index (χ4v) is 1.11. The number of esters is 1. The number of hydrogen-bond acceptors (Lipinski definition) is 5. The van der Waals surface area contributed by atoms with Gasteiger partial charge in [0.05, 0.1) is 13.7 Å². The predicted molar refractivity (Wildman–Crippen MR) is 61.7 cm³/mol. The average Bonchev–Trinajstić information content (AvgIpc) is 2.42. The monoisotopic (exact) mass is 251 g/mol. The molecule has 0 aliphatic carbocycles. The molecule has 1 aromatic carbocycles. The first-order valence-corrected chi connectivity index (χ1v) is 5.19. The van der Waals surface area contributed by atoms with Crippen LogP contribution in [0.1, 0.15) is 5.56 Å². The molecule has 0 heterocycles. The highest BCUT2D eigenvalue weighted by Crippen LogP contribution is 2.00. The average molecular weight is 251 g/mol. The highest BCUT2D eigenvalue weighted by atomic mass is 16.5. The van der Waals surface area contributed by atoms with Crippen LogP contribution in [-0.2, 0) is 25.7 Å². The molecule has 96 valence electrons. The molecule has 0 unspecified atom stereocenters. The van der Waals surface area contributed by atoms with Gasteiger partial charge in [-0.1, -0.05) is 30.3 Å². The Morgan fingerprint density at radius 3 is 2.44 bits per heavy atom. The summed E-state index contributed by atoms with van der Waals surface area (Å²) in [5.74, 6) is -1.84. The second kappa shape index (κ2) is 7.05. The zero-order valence-corrected chi connectivity index (χ0v) is 9.84. The number of Topliss-reactive ketones (excluding diaryl/α,β-unsaturated/α-hetero) is 1. The normalized spacial score (nSPS) is 9.39. The maximum Gasteiger partial charge on any atom is 0.407 e. The van der Waals surface area contributed by atoms with Gasteiger partial charge in [0, 0.05) is 0 Å². The highest BCUT2D eigenvalue weighted by molar-refractivity contribution is 6.34. The SMILES string of the molecule is COC(=O)C(=O)CNC(=O)OCc1ccccc1. The second-order valence-electron chi connectivity index (χ2n) is 3.33. The summed E-state index contributed by atoms with van der Waals surface area (Å²) in [6.45, 7) is -0.348. The van der Waals surface area contributed by atoms with E-state index in [0.717, 1.165) is 12.7 Å². The first-order valence-electron chi connectivity index (χ1n) is 5.19. The minimum atomic E-state index is -1.00. The molecule has 0 saturated carbocycles. The molecule has 0 aliphatic rings. The zero-order valence-electron chi connectivity index (χ0n) is 9.84. The van der Waals surface area contributed by atoms with Gasteiger partial charge in [-0.3, -0.25) is 4.79 Å². The van der Waals surface area contributed by atoms with E-state index >= 15 is 0 Å². The van der Waals surface area contributed by atoms with Gasteiger partial charge < -0.3 is 14.8 Å². The Bertz CT molecular complexity index is 429. The topological polar surface area (TPSA) is 81.7 Å². The minimum absolute atomic E-state index is 0.0963. The molecule has 1 rings (SSSR count). The van der Waals surface area contributed by atoms with Crippen molar-refractivity contribution in [1.29, 1.82) is 0 Å². The molecule has 6 nitrogen and oxygen atoms in total. The Morgan fingerprint density at radius 2 is 1.83 bits per heavy atom. The lowest BCUT2D eigenvalue weighted by Gasteiger charge is -2.05. The molecule has 18 heavy (non-hydrogen) atoms. The number of alkyl carbamates (subject to hydrolysis) is 1. The van der Waals surface area contributed by atoms with Gasteiger partial charge in [-0.05, 0) is 5.56 Å². The van der Waals surface area contributed by atoms with Crippen LogP contribution in [0.3, 0.4) is 0 Å². The van der Waals surface area contributed by atoms with E-state index in [2.05, 4.69) is 10.1 Å². The Balaban J connectivity index is 2.26. The molecule has 0 aliphatic heterocycles. The van der Waals surface area contributed by atoms with Crippen LogP contribution >= 0.6 is 0 Å². The maximum atomic E-state index is 11.2. The van der Waals surface area contributed by atoms with Crippen LogP contribution in [-0.4, -0.2) is 31.5 Å². The standard InChI is InChI=1S/C12H13NO5/c1-17-11(15)10(14)7-13-12(16)18-8-9-5-3-2-4-6-9/h2-6H,7-8H2,1H3,(H,13,16). The minimum Gasteiger partial charge on any atom is -0.463 e. The zero-order chi connectivity index (χ0) is 13.4. The molecule has 0 radical (unpaired) electrons. The van der Waals surface area contributed by atoms with E-state index in [9.17, 15) is 14.4 Å². The van der Waals surface area contributed by atoms with Crippen LogP contribution in [0.5, 0.6) is 0 Å². The molecule has 0 aromatic heterocycles. The van der Waals surface area contributed by atoms with Crippen molar-refractivity contribution in [1.82, 2.24) is 5.32 Å². The molecule has 6 heteroatoms. The third-order valence-corrected chi connectivity index (χ3v) is 2.02. The van der Waals surface area contributed by atoms with E-state index in [1.165, 1.54) is 0 Å². The number of carbonyl (C=O) groups is 3. The number of methoxy groups -OCH3 is 1. The quantitative estimate of drug-likeness (QED) is 0.614. The second-order valence-corrected chi connectivity index (χ2v) is 3.33. The van der Waals surface area contributed by atoms with Crippen molar-refractivity contribution < 1.29 is 23.9 Å². The van der Waals surface area contributed by atoms with Gasteiger partial charge in [0.25, 0.3) is 5.78 Å². The van der Waals surface area contributed by atoms with Crippen LogP contribution in [0.25, 0.3) is 0 Å². The summed E-state index contributed by atoms with van der Waals surface area (Å²) in [6, 6.07) is 9.08. The van der Waals surface area contributed by atoms with E-state index in [0.29, 0.717) is 0 Å². The lowest BCUT2D eigenvalue weighted by atomic mass is 10.2. The summed E-state index contributed by atoms with van der Waals surface area (Å²) in [4.78, 5) is 32.9. The van der Waals surface area contributed by atoms with Crippen LogP contribution in [0, 0.1) is 0 Å². The first kappa shape index (κ1) is 13.7. The largest absolute Gasteiger partial charge is 0.463 e. The third-order valence-electron chi connectivity index (χ3n) is 2.02. The van der Waals surface area contributed by atoms with Crippen molar-refractivity contribution in [2.75, 3.05) is 13.7 Å². The van der Waals surface area contributed by atoms with Crippen molar-refractivity contribution >= 4 is 17.8 Å². The van der Waals surface area contributed by atoms with E-state index < -0.39 is 24.4 Å².